The number of rotatable bonds is 2. The van der Waals surface area contributed by atoms with Crippen LogP contribution in [0.3, 0.4) is 0 Å². The molecule has 0 fully saturated rings. The number of hydrogen-bond donors (Lipinski definition) is 1. The van der Waals surface area contributed by atoms with Crippen LogP contribution in [0.2, 0.25) is 0 Å². The molecule has 0 aliphatic heterocycles. The van der Waals surface area contributed by atoms with E-state index in [-0.39, 0.29) is 5.88 Å². The van der Waals surface area contributed by atoms with Crippen LogP contribution in [0.4, 0.5) is 0 Å². The summed E-state index contributed by atoms with van der Waals surface area (Å²) in [6, 6.07) is 5.36. The molecule has 1 aromatic rings. The third-order valence-electron chi connectivity index (χ3n) is 1.78. The summed E-state index contributed by atoms with van der Waals surface area (Å²) in [6.45, 7) is 4.13. The summed E-state index contributed by atoms with van der Waals surface area (Å²) >= 11 is 0. The van der Waals surface area contributed by atoms with Crippen molar-refractivity contribution in [1.82, 2.24) is 0 Å². The largest absolute Gasteiger partial charge is 0.460 e. The van der Waals surface area contributed by atoms with Crippen LogP contribution in [0.5, 0.6) is 5.88 Å². The molecule has 0 aromatic carbocycles. The highest BCUT2D eigenvalue weighted by Crippen LogP contribution is 2.01. The summed E-state index contributed by atoms with van der Waals surface area (Å²) in [5.74, 6) is 0.269. The van der Waals surface area contributed by atoms with Crippen molar-refractivity contribution in [3.63, 3.8) is 0 Å². The topological polar surface area (TPSA) is 24.1 Å². The van der Waals surface area contributed by atoms with Crippen LogP contribution < -0.4 is 4.57 Å². The maximum absolute atomic E-state index is 9.37. The molecule has 2 nitrogen and oxygen atoms in total. The SMILES string of the molecule is CC/C(C)=C\[n+]1ccccc1O. The minimum Gasteiger partial charge on any atom is -0.460 e. The number of aromatic hydroxyl groups is 1. The minimum atomic E-state index is 0.269. The highest BCUT2D eigenvalue weighted by atomic mass is 16.3. The Bertz CT molecular complexity index is 292. The summed E-state index contributed by atoms with van der Waals surface area (Å²) in [5, 5.41) is 9.37. The van der Waals surface area contributed by atoms with Crippen LogP contribution in [0.1, 0.15) is 20.3 Å². The molecule has 2 heteroatoms. The summed E-state index contributed by atoms with van der Waals surface area (Å²) in [6.07, 6.45) is 4.76. The Kier molecular flexibility index (Phi) is 2.86. The molecule has 12 heavy (non-hydrogen) atoms. The van der Waals surface area contributed by atoms with Crippen LogP contribution in [0.15, 0.2) is 30.0 Å². The first kappa shape index (κ1) is 8.78. The van der Waals surface area contributed by atoms with E-state index in [1.54, 1.807) is 16.7 Å². The van der Waals surface area contributed by atoms with E-state index >= 15 is 0 Å². The van der Waals surface area contributed by atoms with E-state index in [9.17, 15) is 5.11 Å². The van der Waals surface area contributed by atoms with Gasteiger partial charge < -0.3 is 5.11 Å². The molecule has 0 amide bonds. The van der Waals surface area contributed by atoms with Crippen molar-refractivity contribution in [2.45, 2.75) is 20.3 Å². The van der Waals surface area contributed by atoms with Gasteiger partial charge in [-0.25, -0.2) is 0 Å². The molecule has 0 bridgehead atoms. The average Bonchev–Trinajstić information content (AvgIpc) is 2.09. The van der Waals surface area contributed by atoms with Crippen molar-refractivity contribution >= 4 is 6.20 Å². The summed E-state index contributed by atoms with van der Waals surface area (Å²) in [5.41, 5.74) is 1.24. The smallest absolute Gasteiger partial charge is 0.370 e. The Hall–Kier alpha value is -1.31. The first-order valence-electron chi connectivity index (χ1n) is 4.10. The van der Waals surface area contributed by atoms with Crippen molar-refractivity contribution in [1.29, 1.82) is 0 Å². The van der Waals surface area contributed by atoms with Crippen molar-refractivity contribution in [3.8, 4) is 5.88 Å². The van der Waals surface area contributed by atoms with E-state index < -0.39 is 0 Å². The van der Waals surface area contributed by atoms with Gasteiger partial charge in [0.15, 0.2) is 12.4 Å². The second-order valence-corrected chi connectivity index (χ2v) is 2.80. The van der Waals surface area contributed by atoms with Crippen molar-refractivity contribution in [2.75, 3.05) is 0 Å². The van der Waals surface area contributed by atoms with Crippen LogP contribution in [0.25, 0.3) is 6.20 Å². The van der Waals surface area contributed by atoms with Gasteiger partial charge in [-0.15, -0.1) is 4.57 Å². The second-order valence-electron chi connectivity index (χ2n) is 2.80. The number of pyridine rings is 1. The normalized spacial score (nSPS) is 11.7. The van der Waals surface area contributed by atoms with Gasteiger partial charge in [-0.3, -0.25) is 0 Å². The van der Waals surface area contributed by atoms with Gasteiger partial charge in [0.05, 0.1) is 6.07 Å². The first-order chi connectivity index (χ1) is 5.74. The molecular formula is C10H14NO+. The van der Waals surface area contributed by atoms with Gasteiger partial charge in [-0.1, -0.05) is 6.92 Å². The van der Waals surface area contributed by atoms with Gasteiger partial charge >= 0.3 is 5.88 Å². The molecular weight excluding hydrogens is 150 g/mol. The molecule has 0 spiro atoms. The molecule has 0 unspecified atom stereocenters. The molecule has 0 radical (unpaired) electrons. The van der Waals surface area contributed by atoms with Gasteiger partial charge in [0.1, 0.15) is 0 Å². The van der Waals surface area contributed by atoms with Gasteiger partial charge in [0.2, 0.25) is 0 Å². The van der Waals surface area contributed by atoms with Crippen molar-refractivity contribution in [3.05, 3.63) is 30.0 Å². The molecule has 0 saturated heterocycles. The Labute approximate surface area is 72.8 Å². The standard InChI is InChI=1S/C10H13NO/c1-3-9(2)8-11-7-5-4-6-10(11)12/h4-8H,3H2,1-2H3/p+1/b9-8-. The Morgan fingerprint density at radius 1 is 1.58 bits per heavy atom. The molecule has 1 rings (SSSR count). The van der Waals surface area contributed by atoms with Gasteiger partial charge in [-0.05, 0) is 25.0 Å². The molecule has 1 aromatic heterocycles. The van der Waals surface area contributed by atoms with Crippen LogP contribution in [0, 0.1) is 0 Å². The summed E-state index contributed by atoms with van der Waals surface area (Å²) < 4.78 is 1.71. The summed E-state index contributed by atoms with van der Waals surface area (Å²) in [7, 11) is 0. The fraction of sp³-hybridized carbons (Fsp3) is 0.300. The average molecular weight is 164 g/mol. The number of allylic oxidation sites excluding steroid dienone is 1. The fourth-order valence-corrected chi connectivity index (χ4v) is 0.884. The lowest BCUT2D eigenvalue weighted by molar-refractivity contribution is -0.577. The van der Waals surface area contributed by atoms with Gasteiger partial charge in [-0.2, -0.15) is 0 Å². The zero-order valence-electron chi connectivity index (χ0n) is 7.49. The molecule has 0 aliphatic rings. The van der Waals surface area contributed by atoms with E-state index in [2.05, 4.69) is 6.92 Å². The molecule has 1 N–H and O–H groups in total. The lowest BCUT2D eigenvalue weighted by atomic mass is 10.2. The van der Waals surface area contributed by atoms with E-state index in [0.29, 0.717) is 0 Å². The third kappa shape index (κ3) is 2.09. The molecule has 0 aliphatic carbocycles. The number of aromatic nitrogens is 1. The molecule has 0 saturated carbocycles. The maximum Gasteiger partial charge on any atom is 0.370 e. The first-order valence-corrected chi connectivity index (χ1v) is 4.10. The van der Waals surface area contributed by atoms with Crippen molar-refractivity contribution in [2.24, 2.45) is 0 Å². The van der Waals surface area contributed by atoms with Crippen LogP contribution in [-0.2, 0) is 0 Å². The maximum atomic E-state index is 9.37. The zero-order chi connectivity index (χ0) is 8.97. The Balaban J connectivity index is 2.96. The Morgan fingerprint density at radius 2 is 2.33 bits per heavy atom. The molecule has 1 heterocycles. The second kappa shape index (κ2) is 3.90. The number of hydrogen-bond acceptors (Lipinski definition) is 1. The lowest BCUT2D eigenvalue weighted by Crippen LogP contribution is -2.25. The quantitative estimate of drug-likeness (QED) is 0.664. The van der Waals surface area contributed by atoms with E-state index in [1.807, 2.05) is 25.4 Å². The molecule has 0 atom stereocenters. The number of nitrogens with zero attached hydrogens (tertiary/aromatic N) is 1. The predicted molar refractivity (Wildman–Crippen MR) is 48.5 cm³/mol. The highest BCUT2D eigenvalue weighted by Gasteiger charge is 2.02. The van der Waals surface area contributed by atoms with Gasteiger partial charge in [0.25, 0.3) is 0 Å². The monoisotopic (exact) mass is 164 g/mol. The van der Waals surface area contributed by atoms with Crippen LogP contribution >= 0.6 is 0 Å². The van der Waals surface area contributed by atoms with Crippen LogP contribution in [-0.4, -0.2) is 5.11 Å². The van der Waals surface area contributed by atoms with E-state index in [0.717, 1.165) is 6.42 Å². The highest BCUT2D eigenvalue weighted by molar-refractivity contribution is 5.19. The Morgan fingerprint density at radius 3 is 2.92 bits per heavy atom. The summed E-state index contributed by atoms with van der Waals surface area (Å²) in [4.78, 5) is 0. The zero-order valence-corrected chi connectivity index (χ0v) is 7.49. The van der Waals surface area contributed by atoms with E-state index in [4.69, 9.17) is 0 Å². The minimum absolute atomic E-state index is 0.269. The fourth-order valence-electron chi connectivity index (χ4n) is 0.884. The third-order valence-corrected chi connectivity index (χ3v) is 1.78. The molecule has 64 valence electrons. The predicted octanol–water partition coefficient (Wildman–Crippen LogP) is 1.95. The van der Waals surface area contributed by atoms with Crippen molar-refractivity contribution < 1.29 is 9.67 Å². The lowest BCUT2D eigenvalue weighted by Gasteiger charge is -1.92. The van der Waals surface area contributed by atoms with E-state index in [1.165, 1.54) is 5.57 Å². The van der Waals surface area contributed by atoms with Gasteiger partial charge in [0, 0.05) is 6.07 Å².